The first kappa shape index (κ1) is 29.5. The number of rotatable bonds is 6. The normalized spacial score (nSPS) is 13.4. The maximum atomic E-state index is 13.1. The SMILES string of the molecule is Brc1ccc2c(c1)Cc1cc(Br)ccc1-2.O=C(CCO)C1(C(=O)CCO)c2cc(Br)ccc2-c2ccc(Br)cc21. The zero-order chi connectivity index (χ0) is 28.6. The lowest BCUT2D eigenvalue weighted by atomic mass is 9.69. The van der Waals surface area contributed by atoms with Crippen LogP contribution in [0.5, 0.6) is 0 Å². The highest BCUT2D eigenvalue weighted by molar-refractivity contribution is 9.11. The van der Waals surface area contributed by atoms with Crippen molar-refractivity contribution in [2.24, 2.45) is 0 Å². The van der Waals surface area contributed by atoms with Crippen LogP contribution >= 0.6 is 63.7 Å². The van der Waals surface area contributed by atoms with Crippen LogP contribution in [0.4, 0.5) is 0 Å². The van der Waals surface area contributed by atoms with E-state index in [2.05, 4.69) is 100 Å². The minimum Gasteiger partial charge on any atom is -0.396 e. The van der Waals surface area contributed by atoms with Gasteiger partial charge in [0.1, 0.15) is 5.41 Å². The zero-order valence-corrected chi connectivity index (χ0v) is 27.5. The summed E-state index contributed by atoms with van der Waals surface area (Å²) in [6.45, 7) is -0.667. The van der Waals surface area contributed by atoms with Gasteiger partial charge in [0.15, 0.2) is 11.6 Å². The summed E-state index contributed by atoms with van der Waals surface area (Å²) < 4.78 is 3.84. The van der Waals surface area contributed by atoms with Crippen molar-refractivity contribution in [2.75, 3.05) is 13.2 Å². The Kier molecular flexibility index (Phi) is 8.95. The number of aliphatic hydroxyl groups is 2. The van der Waals surface area contributed by atoms with Crippen LogP contribution in [0.2, 0.25) is 0 Å². The average molecular weight is 792 g/mol. The van der Waals surface area contributed by atoms with Gasteiger partial charge >= 0.3 is 0 Å². The van der Waals surface area contributed by atoms with Gasteiger partial charge in [-0.3, -0.25) is 9.59 Å². The number of benzene rings is 4. The van der Waals surface area contributed by atoms with E-state index in [1.54, 1.807) is 12.1 Å². The second kappa shape index (κ2) is 12.1. The van der Waals surface area contributed by atoms with Gasteiger partial charge in [-0.15, -0.1) is 0 Å². The summed E-state index contributed by atoms with van der Waals surface area (Å²) in [5, 5.41) is 18.7. The van der Waals surface area contributed by atoms with E-state index in [1.807, 2.05) is 24.3 Å². The number of Topliss-reactive ketones (excluding diaryl/α,β-unsaturated/α-hetero) is 2. The van der Waals surface area contributed by atoms with Crippen molar-refractivity contribution < 1.29 is 19.8 Å². The van der Waals surface area contributed by atoms with Gasteiger partial charge in [0.25, 0.3) is 0 Å². The Hall–Kier alpha value is -1.94. The predicted molar refractivity (Wildman–Crippen MR) is 172 cm³/mol. The van der Waals surface area contributed by atoms with E-state index in [1.165, 1.54) is 22.3 Å². The molecule has 2 N–H and O–H groups in total. The van der Waals surface area contributed by atoms with Gasteiger partial charge in [-0.1, -0.05) is 88.0 Å². The van der Waals surface area contributed by atoms with Crippen LogP contribution in [0.3, 0.4) is 0 Å². The molecule has 0 spiro atoms. The van der Waals surface area contributed by atoms with E-state index in [4.69, 9.17) is 0 Å². The molecule has 2 aliphatic carbocycles. The van der Waals surface area contributed by atoms with Crippen molar-refractivity contribution in [1.82, 2.24) is 0 Å². The molecular weight excluding hydrogens is 768 g/mol. The molecule has 0 heterocycles. The lowest BCUT2D eigenvalue weighted by molar-refractivity contribution is -0.133. The highest BCUT2D eigenvalue weighted by Crippen LogP contribution is 2.52. The van der Waals surface area contributed by atoms with E-state index in [-0.39, 0.29) is 37.6 Å². The molecule has 204 valence electrons. The number of ketones is 2. The second-order valence-corrected chi connectivity index (χ2v) is 13.4. The van der Waals surface area contributed by atoms with Crippen molar-refractivity contribution in [1.29, 1.82) is 0 Å². The molecule has 0 unspecified atom stereocenters. The number of hydrogen-bond donors (Lipinski definition) is 2. The van der Waals surface area contributed by atoms with Crippen LogP contribution in [-0.2, 0) is 21.4 Å². The smallest absolute Gasteiger partial charge is 0.157 e. The number of hydrogen-bond acceptors (Lipinski definition) is 4. The molecule has 0 saturated heterocycles. The van der Waals surface area contributed by atoms with Gasteiger partial charge in [0.2, 0.25) is 0 Å². The summed E-state index contributed by atoms with van der Waals surface area (Å²) in [6, 6.07) is 24.1. The Morgan fingerprint density at radius 2 is 0.925 bits per heavy atom. The summed E-state index contributed by atoms with van der Waals surface area (Å²) in [5.74, 6) is -0.714. The molecule has 0 aromatic heterocycles. The van der Waals surface area contributed by atoms with Gasteiger partial charge in [0.05, 0.1) is 13.2 Å². The maximum Gasteiger partial charge on any atom is 0.157 e. The first-order valence-electron chi connectivity index (χ1n) is 12.7. The standard InChI is InChI=1S/C19H16Br2O4.C13H8Br2/c20-11-1-3-13-14-4-2-12(21)10-16(14)19(15(13)9-11,17(24)5-7-22)18(25)6-8-23;14-10-1-3-12-8(6-10)5-9-7-11(15)2-4-13(9)12/h1-4,9-10,22-23H,5-8H2;1-4,6-7H,5H2. The largest absolute Gasteiger partial charge is 0.396 e. The molecule has 8 heteroatoms. The highest BCUT2D eigenvalue weighted by Gasteiger charge is 2.53. The molecule has 0 aliphatic heterocycles. The third-order valence-corrected chi connectivity index (χ3v) is 9.35. The van der Waals surface area contributed by atoms with Gasteiger partial charge in [-0.2, -0.15) is 0 Å². The molecule has 0 amide bonds. The Bertz CT molecular complexity index is 1530. The molecule has 2 aliphatic rings. The molecule has 0 radical (unpaired) electrons. The molecule has 4 aromatic carbocycles. The van der Waals surface area contributed by atoms with E-state index in [9.17, 15) is 19.8 Å². The van der Waals surface area contributed by atoms with Crippen LogP contribution in [0.1, 0.15) is 35.1 Å². The fraction of sp³-hybridized carbons (Fsp3) is 0.188. The minimum atomic E-state index is -1.50. The van der Waals surface area contributed by atoms with Crippen molar-refractivity contribution in [2.45, 2.75) is 24.7 Å². The summed E-state index contributed by atoms with van der Waals surface area (Å²) in [7, 11) is 0. The summed E-state index contributed by atoms with van der Waals surface area (Å²) in [4.78, 5) is 26.3. The Morgan fingerprint density at radius 1 is 0.575 bits per heavy atom. The molecule has 40 heavy (non-hydrogen) atoms. The number of carbonyl (C=O) groups is 2. The summed E-state index contributed by atoms with van der Waals surface area (Å²) in [6.07, 6.45) is 0.785. The van der Waals surface area contributed by atoms with E-state index < -0.39 is 5.41 Å². The van der Waals surface area contributed by atoms with Crippen LogP contribution in [0.15, 0.2) is 90.7 Å². The Labute approximate surface area is 266 Å². The quantitative estimate of drug-likeness (QED) is 0.170. The fourth-order valence-corrected chi connectivity index (χ4v) is 7.29. The lowest BCUT2D eigenvalue weighted by Gasteiger charge is -2.29. The molecule has 4 nitrogen and oxygen atoms in total. The highest BCUT2D eigenvalue weighted by atomic mass is 79.9. The van der Waals surface area contributed by atoms with Gasteiger partial charge < -0.3 is 10.2 Å². The summed E-state index contributed by atoms with van der Waals surface area (Å²) >= 11 is 13.9. The van der Waals surface area contributed by atoms with Gasteiger partial charge in [-0.05, 0) is 99.5 Å². The van der Waals surface area contributed by atoms with Crippen molar-refractivity contribution in [3.05, 3.63) is 113 Å². The fourth-order valence-electron chi connectivity index (χ4n) is 5.75. The van der Waals surface area contributed by atoms with E-state index in [0.717, 1.165) is 35.4 Å². The monoisotopic (exact) mass is 788 g/mol. The molecular formula is C32H24Br4O4. The van der Waals surface area contributed by atoms with Gasteiger partial charge in [-0.25, -0.2) is 0 Å². The second-order valence-electron chi connectivity index (χ2n) is 9.70. The number of carbonyl (C=O) groups excluding carboxylic acids is 2. The van der Waals surface area contributed by atoms with Gasteiger partial charge in [0, 0.05) is 30.7 Å². The van der Waals surface area contributed by atoms with Crippen LogP contribution in [0.25, 0.3) is 22.3 Å². The average Bonchev–Trinajstić information content (AvgIpc) is 3.40. The Morgan fingerprint density at radius 3 is 1.30 bits per heavy atom. The molecule has 6 rings (SSSR count). The van der Waals surface area contributed by atoms with Crippen molar-refractivity contribution in [3.63, 3.8) is 0 Å². The number of aliphatic hydroxyl groups excluding tert-OH is 2. The molecule has 0 atom stereocenters. The number of halogens is 4. The van der Waals surface area contributed by atoms with Crippen LogP contribution in [0, 0.1) is 0 Å². The number of fused-ring (bicyclic) bond motifs is 6. The topological polar surface area (TPSA) is 74.6 Å². The van der Waals surface area contributed by atoms with Crippen molar-refractivity contribution in [3.8, 4) is 22.3 Å². The molecule has 0 bridgehead atoms. The minimum absolute atomic E-state index is 0.130. The molecule has 4 aromatic rings. The van der Waals surface area contributed by atoms with E-state index in [0.29, 0.717) is 11.1 Å². The third kappa shape index (κ3) is 5.23. The first-order chi connectivity index (χ1) is 19.2. The summed E-state index contributed by atoms with van der Waals surface area (Å²) in [5.41, 5.74) is 6.94. The maximum absolute atomic E-state index is 13.1. The van der Waals surface area contributed by atoms with Crippen LogP contribution < -0.4 is 0 Å². The Balaban J connectivity index is 0.000000182. The zero-order valence-electron chi connectivity index (χ0n) is 21.2. The first-order valence-corrected chi connectivity index (χ1v) is 15.8. The lowest BCUT2D eigenvalue weighted by Crippen LogP contribution is -2.44. The third-order valence-electron chi connectivity index (χ3n) is 7.38. The van der Waals surface area contributed by atoms with Crippen molar-refractivity contribution >= 4 is 75.3 Å². The van der Waals surface area contributed by atoms with E-state index >= 15 is 0 Å². The molecule has 0 saturated carbocycles. The molecule has 0 fully saturated rings. The van der Waals surface area contributed by atoms with Crippen LogP contribution in [-0.4, -0.2) is 35.0 Å². The predicted octanol–water partition coefficient (Wildman–Crippen LogP) is 8.16.